The second kappa shape index (κ2) is 9.66. The van der Waals surface area contributed by atoms with Gasteiger partial charge in [0.25, 0.3) is 0 Å². The minimum atomic E-state index is -5.05. The molecule has 0 atom stereocenters. The molecule has 10 N–H and O–H groups in total. The van der Waals surface area contributed by atoms with Crippen LogP contribution in [0.25, 0.3) is 0 Å². The first-order valence-corrected chi connectivity index (χ1v) is 4.59. The third-order valence-electron chi connectivity index (χ3n) is 0.213. The maximum atomic E-state index is 9.63. The minimum Gasteiger partial charge on any atom is -1.00 e. The minimum absolute atomic E-state index is 0. The van der Waals surface area contributed by atoms with Gasteiger partial charge in [-0.2, -0.15) is 4.31 Å². The third kappa shape index (κ3) is 32.0. The van der Waals surface area contributed by atoms with Crippen molar-refractivity contribution in [3.8, 4) is 0 Å². The van der Waals surface area contributed by atoms with Crippen LogP contribution >= 0.6 is 15.6 Å². The molecule has 82 valence electrons. The van der Waals surface area contributed by atoms with Crippen molar-refractivity contribution in [3.63, 3.8) is 0 Å². The van der Waals surface area contributed by atoms with E-state index in [4.69, 9.17) is 19.6 Å². The van der Waals surface area contributed by atoms with E-state index >= 15 is 0 Å². The number of hydrogen-bond acceptors (Lipinski definition) is 5. The van der Waals surface area contributed by atoms with Crippen LogP contribution in [-0.4, -0.2) is 19.6 Å². The Morgan fingerprint density at radius 3 is 1.08 bits per heavy atom. The molecular weight excluding hydrogens is 244 g/mol. The Balaban J connectivity index is -0.0000000320. The summed E-state index contributed by atoms with van der Waals surface area (Å²) in [5.41, 5.74) is 0. The van der Waals surface area contributed by atoms with Gasteiger partial charge < -0.3 is 33.3 Å². The maximum Gasteiger partial charge on any atom is 1.00 e. The first-order valence-electron chi connectivity index (χ1n) is 1.53. The summed E-state index contributed by atoms with van der Waals surface area (Å²) < 4.78 is 22.2. The molecule has 0 fully saturated rings. The Kier molecular flexibility index (Phi) is 21.7. The van der Waals surface area contributed by atoms with Crippen LogP contribution in [0, 0.1) is 0 Å². The Morgan fingerprint density at radius 2 is 1.08 bits per heavy atom. The number of halogens is 1. The van der Waals surface area contributed by atoms with Gasteiger partial charge in [-0.25, -0.2) is 9.13 Å². The Morgan fingerprint density at radius 1 is 0.923 bits per heavy atom. The predicted molar refractivity (Wildman–Crippen MR) is 38.8 cm³/mol. The van der Waals surface area contributed by atoms with Gasteiger partial charge in [0.1, 0.15) is 0 Å². The molecule has 13 heavy (non-hydrogen) atoms. The molecule has 0 unspecified atom stereocenters. The molecule has 13 heteroatoms. The largest absolute Gasteiger partial charge is 1.00 e. The molecule has 0 saturated heterocycles. The summed E-state index contributed by atoms with van der Waals surface area (Å²) in [6.45, 7) is 0. The molecule has 0 aromatic rings. The van der Waals surface area contributed by atoms with E-state index in [1.54, 1.807) is 0 Å². The molecule has 9 nitrogen and oxygen atoms in total. The van der Waals surface area contributed by atoms with Gasteiger partial charge >= 0.3 is 45.2 Å². The van der Waals surface area contributed by atoms with Crippen molar-refractivity contribution >= 4 is 15.6 Å². The van der Waals surface area contributed by atoms with E-state index in [0.717, 1.165) is 0 Å². The fourth-order valence-electron chi connectivity index (χ4n) is 0.139. The number of phosphoric acid groups is 2. The van der Waals surface area contributed by atoms with E-state index in [2.05, 4.69) is 4.31 Å². The van der Waals surface area contributed by atoms with E-state index < -0.39 is 15.6 Å². The van der Waals surface area contributed by atoms with E-state index in [9.17, 15) is 9.13 Å². The fraction of sp³-hybridized carbons (Fsp3) is 0. The van der Waals surface area contributed by atoms with Gasteiger partial charge in [0.2, 0.25) is 0 Å². The summed E-state index contributed by atoms with van der Waals surface area (Å²) >= 11 is 0. The van der Waals surface area contributed by atoms with Crippen LogP contribution in [0.2, 0.25) is 0 Å². The first kappa shape index (κ1) is 29.2. The molecule has 0 radical (unpaired) electrons. The zero-order valence-electron chi connectivity index (χ0n) is 7.73. The normalized spacial score (nSPS) is 9.54. The van der Waals surface area contributed by atoms with Crippen molar-refractivity contribution in [1.82, 2.24) is 12.3 Å². The quantitative estimate of drug-likeness (QED) is 0.217. The Bertz CT molecular complexity index is 170. The molecule has 0 rings (SSSR count). The summed E-state index contributed by atoms with van der Waals surface area (Å²) in [5, 5.41) is 0. The fourth-order valence-corrected chi connectivity index (χ4v) is 1.25. The molecule has 0 heterocycles. The van der Waals surface area contributed by atoms with Crippen molar-refractivity contribution in [2.45, 2.75) is 0 Å². The van der Waals surface area contributed by atoms with E-state index in [0.29, 0.717) is 0 Å². The second-order valence-corrected chi connectivity index (χ2v) is 3.68. The molecule has 0 aliphatic heterocycles. The van der Waals surface area contributed by atoms with Crippen molar-refractivity contribution in [2.24, 2.45) is 0 Å². The van der Waals surface area contributed by atoms with Gasteiger partial charge in [0, 0.05) is 0 Å². The Hall–Kier alpha value is 1.11. The summed E-state index contributed by atoms with van der Waals surface area (Å²) in [5.74, 6) is 0. The third-order valence-corrected chi connectivity index (χ3v) is 1.91. The van der Waals surface area contributed by atoms with E-state index in [-0.39, 0.29) is 48.0 Å². The smallest absolute Gasteiger partial charge is 1.00 e. The molecule has 0 aromatic heterocycles. The van der Waals surface area contributed by atoms with Crippen molar-refractivity contribution in [1.29, 1.82) is 0 Å². The number of hydrogen-bond donors (Lipinski definition) is 6. The molecule has 0 spiro atoms. The summed E-state index contributed by atoms with van der Waals surface area (Å²) in [4.78, 5) is 31.0. The van der Waals surface area contributed by atoms with Gasteiger partial charge in [-0.15, -0.1) is 0 Å². The van der Waals surface area contributed by atoms with Crippen LogP contribution in [-0.2, 0) is 13.4 Å². The van der Waals surface area contributed by atoms with Gasteiger partial charge in [-0.1, -0.05) is 0 Å². The maximum absolute atomic E-state index is 9.63. The monoisotopic (exact) mass is 256 g/mol. The van der Waals surface area contributed by atoms with Gasteiger partial charge in [-0.3, -0.25) is 4.70 Å². The molecule has 0 amide bonds. The summed E-state index contributed by atoms with van der Waals surface area (Å²) in [6, 6.07) is 0. The van der Waals surface area contributed by atoms with Crippen LogP contribution in [0.3, 0.4) is 0 Å². The van der Waals surface area contributed by atoms with Crippen LogP contribution in [0.15, 0.2) is 0 Å². The summed E-state index contributed by atoms with van der Waals surface area (Å²) in [6.07, 6.45) is 0. The molecule has 0 aliphatic carbocycles. The van der Waals surface area contributed by atoms with Crippen LogP contribution in [0.4, 0.5) is 4.70 Å². The van der Waals surface area contributed by atoms with Gasteiger partial charge in [0.05, 0.1) is 0 Å². The van der Waals surface area contributed by atoms with Crippen LogP contribution in [0.1, 0.15) is 1.43 Å². The standard InChI is InChI=1S/FH.2H3N.Na.H4O7P2.H/c;;;;1-8(2,3)7-9(4,5)6;/h1H;2*1H3;;(H2,1,2,3)(H2,4,5,6);/q;;;+1;;-1. The SMILES string of the molecule is F.N.N.O=P(O)(O)OP(=O)(O)O.[H-].[Na+]. The van der Waals surface area contributed by atoms with Crippen molar-refractivity contribution in [3.05, 3.63) is 0 Å². The van der Waals surface area contributed by atoms with Gasteiger partial charge in [-0.05, 0) is 0 Å². The van der Waals surface area contributed by atoms with Gasteiger partial charge in [0.15, 0.2) is 0 Å². The molecular formula is H12FN2NaO7P2. The zero-order valence-corrected chi connectivity index (χ0v) is 10.5. The molecule has 0 bridgehead atoms. The van der Waals surface area contributed by atoms with Crippen LogP contribution < -0.4 is 41.9 Å². The topological polar surface area (TPSA) is 194 Å². The Labute approximate surface area is 96.7 Å². The first-order chi connectivity index (χ1) is 3.71. The zero-order chi connectivity index (χ0) is 7.71. The predicted octanol–water partition coefficient (Wildman–Crippen LogP) is -3.22. The average Bonchev–Trinajstić information content (AvgIpc) is 1.14. The number of rotatable bonds is 2. The molecule has 0 aromatic carbocycles. The second-order valence-electron chi connectivity index (χ2n) is 1.06. The van der Waals surface area contributed by atoms with Crippen molar-refractivity contribution in [2.75, 3.05) is 0 Å². The average molecular weight is 256 g/mol. The van der Waals surface area contributed by atoms with Crippen molar-refractivity contribution < 1.29 is 68.7 Å². The van der Waals surface area contributed by atoms with E-state index in [1.807, 2.05) is 0 Å². The summed E-state index contributed by atoms with van der Waals surface area (Å²) in [7, 11) is -10.1. The van der Waals surface area contributed by atoms with E-state index in [1.165, 1.54) is 0 Å². The molecule has 0 aliphatic rings. The molecule has 0 saturated carbocycles. The van der Waals surface area contributed by atoms with Crippen LogP contribution in [0.5, 0.6) is 0 Å².